The first kappa shape index (κ1) is 18.7. The molecule has 0 radical (unpaired) electrons. The van der Waals surface area contributed by atoms with Crippen LogP contribution in [0.5, 0.6) is 0 Å². The third kappa shape index (κ3) is 4.27. The van der Waals surface area contributed by atoms with Gasteiger partial charge in [0.05, 0.1) is 23.1 Å². The standard InChI is InChI=1S/C23H22N4O2/c1-15-2-4-16(5-3-15)8-11-19-22(23(24)28)20(27-26-19)12-17-6-9-18(10-7-17)21-13-25-14-29-21/h2-7,9-10,13-14H,8,11-12H2,1H3,(H2,24,28)(H,26,27). The average Bonchev–Trinajstić information content (AvgIpc) is 3.38. The molecule has 0 atom stereocenters. The van der Waals surface area contributed by atoms with Gasteiger partial charge in [0.15, 0.2) is 12.2 Å². The van der Waals surface area contributed by atoms with Crippen LogP contribution in [0.4, 0.5) is 0 Å². The molecule has 0 aliphatic rings. The van der Waals surface area contributed by atoms with Crippen LogP contribution in [0.25, 0.3) is 11.3 Å². The molecule has 146 valence electrons. The number of oxazole rings is 1. The number of carbonyl (C=O) groups is 1. The second kappa shape index (κ2) is 8.14. The van der Waals surface area contributed by atoms with Crippen molar-refractivity contribution < 1.29 is 9.21 Å². The highest BCUT2D eigenvalue weighted by Gasteiger charge is 2.18. The number of carbonyl (C=O) groups excluding carboxylic acids is 1. The van der Waals surface area contributed by atoms with Gasteiger partial charge >= 0.3 is 0 Å². The molecule has 2 aromatic carbocycles. The molecule has 0 fully saturated rings. The zero-order valence-corrected chi connectivity index (χ0v) is 16.2. The van der Waals surface area contributed by atoms with Gasteiger partial charge in [-0.25, -0.2) is 4.98 Å². The Morgan fingerprint density at radius 2 is 1.76 bits per heavy atom. The van der Waals surface area contributed by atoms with Crippen LogP contribution in [0, 0.1) is 6.92 Å². The molecule has 1 amide bonds. The van der Waals surface area contributed by atoms with Gasteiger partial charge in [-0.15, -0.1) is 0 Å². The van der Waals surface area contributed by atoms with E-state index in [1.165, 1.54) is 17.5 Å². The lowest BCUT2D eigenvalue weighted by molar-refractivity contribution is 0.0998. The number of hydrogen-bond donors (Lipinski definition) is 2. The fourth-order valence-electron chi connectivity index (χ4n) is 3.39. The number of primary amides is 1. The normalized spacial score (nSPS) is 10.9. The lowest BCUT2D eigenvalue weighted by Gasteiger charge is -2.05. The number of nitrogens with one attached hydrogen (secondary N) is 1. The van der Waals surface area contributed by atoms with Crippen molar-refractivity contribution in [3.05, 3.63) is 94.8 Å². The SMILES string of the molecule is Cc1ccc(CCc2n[nH]c(Cc3ccc(-c4cnco4)cc3)c2C(N)=O)cc1. The Labute approximate surface area is 168 Å². The first-order valence-corrected chi connectivity index (χ1v) is 9.49. The number of amides is 1. The van der Waals surface area contributed by atoms with Gasteiger partial charge in [-0.3, -0.25) is 9.89 Å². The third-order valence-electron chi connectivity index (χ3n) is 4.99. The number of aryl methyl sites for hydroxylation is 3. The minimum absolute atomic E-state index is 0.453. The molecule has 0 saturated carbocycles. The summed E-state index contributed by atoms with van der Waals surface area (Å²) in [7, 11) is 0. The molecule has 4 aromatic rings. The predicted octanol–water partition coefficient (Wildman–Crippen LogP) is 3.85. The molecular formula is C23H22N4O2. The molecule has 3 N–H and O–H groups in total. The zero-order valence-electron chi connectivity index (χ0n) is 16.2. The first-order valence-electron chi connectivity index (χ1n) is 9.49. The van der Waals surface area contributed by atoms with Crippen LogP contribution in [0.2, 0.25) is 0 Å². The summed E-state index contributed by atoms with van der Waals surface area (Å²) in [5, 5.41) is 7.39. The molecule has 0 bridgehead atoms. The van der Waals surface area contributed by atoms with E-state index in [0.717, 1.165) is 23.2 Å². The van der Waals surface area contributed by atoms with Crippen molar-refractivity contribution in [2.24, 2.45) is 5.73 Å². The molecule has 29 heavy (non-hydrogen) atoms. The summed E-state index contributed by atoms with van der Waals surface area (Å²) in [6.07, 6.45) is 5.09. The monoisotopic (exact) mass is 386 g/mol. The summed E-state index contributed by atoms with van der Waals surface area (Å²) in [6, 6.07) is 16.3. The number of nitrogens with two attached hydrogens (primary N) is 1. The zero-order chi connectivity index (χ0) is 20.2. The Kier molecular flexibility index (Phi) is 5.24. The van der Waals surface area contributed by atoms with E-state index in [1.807, 2.05) is 24.3 Å². The van der Waals surface area contributed by atoms with Crippen LogP contribution in [-0.2, 0) is 19.3 Å². The van der Waals surface area contributed by atoms with E-state index < -0.39 is 5.91 Å². The maximum atomic E-state index is 12.1. The molecule has 6 nitrogen and oxygen atoms in total. The molecule has 6 heteroatoms. The molecular weight excluding hydrogens is 364 g/mol. The van der Waals surface area contributed by atoms with Gasteiger partial charge in [0.1, 0.15) is 0 Å². The lowest BCUT2D eigenvalue weighted by atomic mass is 10.00. The highest BCUT2D eigenvalue weighted by molar-refractivity contribution is 5.95. The van der Waals surface area contributed by atoms with Gasteiger partial charge in [0.2, 0.25) is 0 Å². The Morgan fingerprint density at radius 1 is 1.03 bits per heavy atom. The van der Waals surface area contributed by atoms with Crippen molar-refractivity contribution in [3.8, 4) is 11.3 Å². The summed E-state index contributed by atoms with van der Waals surface area (Å²) in [4.78, 5) is 16.0. The molecule has 0 spiro atoms. The summed E-state index contributed by atoms with van der Waals surface area (Å²) in [5.41, 5.74) is 12.0. The van der Waals surface area contributed by atoms with Crippen LogP contribution in [0.1, 0.15) is 38.4 Å². The van der Waals surface area contributed by atoms with Crippen molar-refractivity contribution in [2.75, 3.05) is 0 Å². The van der Waals surface area contributed by atoms with Crippen molar-refractivity contribution >= 4 is 5.91 Å². The minimum atomic E-state index is -0.453. The van der Waals surface area contributed by atoms with Gasteiger partial charge in [-0.2, -0.15) is 5.10 Å². The largest absolute Gasteiger partial charge is 0.444 e. The molecule has 0 aliphatic carbocycles. The van der Waals surface area contributed by atoms with E-state index in [0.29, 0.717) is 29.9 Å². The number of hydrogen-bond acceptors (Lipinski definition) is 4. The van der Waals surface area contributed by atoms with E-state index in [2.05, 4.69) is 46.4 Å². The van der Waals surface area contributed by atoms with E-state index in [-0.39, 0.29) is 0 Å². The maximum absolute atomic E-state index is 12.1. The number of aromatic nitrogens is 3. The number of benzene rings is 2. The van der Waals surface area contributed by atoms with Crippen LogP contribution < -0.4 is 5.73 Å². The van der Waals surface area contributed by atoms with Gasteiger partial charge < -0.3 is 10.2 Å². The molecule has 0 unspecified atom stereocenters. The molecule has 2 aromatic heterocycles. The van der Waals surface area contributed by atoms with E-state index in [1.54, 1.807) is 6.20 Å². The van der Waals surface area contributed by atoms with Crippen molar-refractivity contribution in [1.82, 2.24) is 15.2 Å². The summed E-state index contributed by atoms with van der Waals surface area (Å²) >= 11 is 0. The van der Waals surface area contributed by atoms with Gasteiger partial charge in [0.25, 0.3) is 5.91 Å². The molecule has 0 saturated heterocycles. The summed E-state index contributed by atoms with van der Waals surface area (Å²) < 4.78 is 5.31. The quantitative estimate of drug-likeness (QED) is 0.504. The van der Waals surface area contributed by atoms with Gasteiger partial charge in [0, 0.05) is 12.0 Å². The Hall–Kier alpha value is -3.67. The molecule has 4 rings (SSSR count). The van der Waals surface area contributed by atoms with Gasteiger partial charge in [-0.05, 0) is 30.9 Å². The smallest absolute Gasteiger partial charge is 0.252 e. The lowest BCUT2D eigenvalue weighted by Crippen LogP contribution is -2.15. The highest BCUT2D eigenvalue weighted by Crippen LogP contribution is 2.22. The maximum Gasteiger partial charge on any atom is 0.252 e. The minimum Gasteiger partial charge on any atom is -0.444 e. The number of aromatic amines is 1. The van der Waals surface area contributed by atoms with Crippen LogP contribution in [-0.4, -0.2) is 21.1 Å². The average molecular weight is 386 g/mol. The van der Waals surface area contributed by atoms with Crippen LogP contribution >= 0.6 is 0 Å². The Bertz CT molecular complexity index is 1100. The third-order valence-corrected chi connectivity index (χ3v) is 4.99. The Balaban J connectivity index is 1.50. The summed E-state index contributed by atoms with van der Waals surface area (Å²) in [6.45, 7) is 2.06. The molecule has 0 aliphatic heterocycles. The fraction of sp³-hybridized carbons (Fsp3) is 0.174. The number of H-pyrrole nitrogens is 1. The van der Waals surface area contributed by atoms with E-state index in [4.69, 9.17) is 10.2 Å². The van der Waals surface area contributed by atoms with Crippen LogP contribution in [0.15, 0.2) is 65.5 Å². The van der Waals surface area contributed by atoms with E-state index >= 15 is 0 Å². The van der Waals surface area contributed by atoms with Crippen LogP contribution in [0.3, 0.4) is 0 Å². The van der Waals surface area contributed by atoms with Gasteiger partial charge in [-0.1, -0.05) is 54.1 Å². The first-order chi connectivity index (χ1) is 14.1. The Morgan fingerprint density at radius 3 is 2.41 bits per heavy atom. The number of rotatable bonds is 7. The van der Waals surface area contributed by atoms with Crippen molar-refractivity contribution in [2.45, 2.75) is 26.2 Å². The highest BCUT2D eigenvalue weighted by atomic mass is 16.3. The number of nitrogens with zero attached hydrogens (tertiary/aromatic N) is 2. The fourth-order valence-corrected chi connectivity index (χ4v) is 3.39. The summed E-state index contributed by atoms with van der Waals surface area (Å²) in [5.74, 6) is 0.264. The topological polar surface area (TPSA) is 97.8 Å². The molecule has 2 heterocycles. The predicted molar refractivity (Wildman–Crippen MR) is 110 cm³/mol. The van der Waals surface area contributed by atoms with Crippen molar-refractivity contribution in [3.63, 3.8) is 0 Å². The second-order valence-corrected chi connectivity index (χ2v) is 7.11. The second-order valence-electron chi connectivity index (χ2n) is 7.11. The van der Waals surface area contributed by atoms with Crippen molar-refractivity contribution in [1.29, 1.82) is 0 Å². The van der Waals surface area contributed by atoms with E-state index in [9.17, 15) is 4.79 Å².